The monoisotopic (exact) mass is 994 g/mol. The van der Waals surface area contributed by atoms with Crippen molar-refractivity contribution in [1.82, 2.24) is 15.0 Å². The molecule has 0 saturated heterocycles. The highest BCUT2D eigenvalue weighted by molar-refractivity contribution is 5.73. The summed E-state index contributed by atoms with van der Waals surface area (Å²) in [7, 11) is 0. The van der Waals surface area contributed by atoms with Crippen molar-refractivity contribution in [2.45, 2.75) is 162 Å². The van der Waals surface area contributed by atoms with Gasteiger partial charge in [-0.25, -0.2) is 0 Å². The molecular formula is C72H79N3. The van der Waals surface area contributed by atoms with Crippen LogP contribution in [0.2, 0.25) is 0 Å². The van der Waals surface area contributed by atoms with Gasteiger partial charge in [-0.05, 0) is 262 Å². The third-order valence-corrected chi connectivity index (χ3v) is 20.3. The van der Waals surface area contributed by atoms with Crippen LogP contribution in [0.4, 0.5) is 0 Å². The van der Waals surface area contributed by atoms with E-state index in [2.05, 4.69) is 80.6 Å². The van der Waals surface area contributed by atoms with Crippen LogP contribution in [0.25, 0.3) is 44.9 Å². The van der Waals surface area contributed by atoms with Gasteiger partial charge in [0.1, 0.15) is 0 Å². The summed E-state index contributed by atoms with van der Waals surface area (Å²) < 4.78 is 77.5. The molecule has 16 bridgehead atoms. The van der Waals surface area contributed by atoms with E-state index in [9.17, 15) is 8.22 Å². The highest BCUT2D eigenvalue weighted by Crippen LogP contribution is 2.74. The summed E-state index contributed by atoms with van der Waals surface area (Å²) in [5.41, 5.74) is 13.0. The number of pyridine rings is 3. The number of benzene rings is 4. The minimum atomic E-state index is -1.62. The fourth-order valence-corrected chi connectivity index (χ4v) is 18.1. The molecule has 7 aromatic rings. The lowest BCUT2D eigenvalue weighted by Gasteiger charge is -2.67. The molecule has 11 aliphatic carbocycles. The van der Waals surface area contributed by atoms with E-state index in [4.69, 9.17) is 17.7 Å². The van der Waals surface area contributed by atoms with Gasteiger partial charge in [0.05, 0.1) is 17.1 Å². The summed E-state index contributed by atoms with van der Waals surface area (Å²) in [6, 6.07) is 44.0. The number of hydrogen-bond acceptors (Lipinski definition) is 3. The van der Waals surface area contributed by atoms with Crippen LogP contribution in [0.3, 0.4) is 0 Å². The standard InChI is InChI=1S/C72H79N3/c1-50-4-14-59(15-5-50)63-34-66(73-41-51(63)2)62-20-10-54(11-21-62)26-31-72-40-58-38-70(48-72)29-24-52-6-16-60(17-7-52)64-22-12-55(42-74-64)27-32-68-36-57-35-67(3,44-68)45-69(37-57,46-68)33-28-56-13-23-65(75-43-56)61-18-8-53(9-19-61)25-30-71(39-58,47-70)49-72/h4-23,34,41-43,57-58H,24-33,35-40,44-49H2,1-3H3/i3D2,24D2,26D2,32D2. The van der Waals surface area contributed by atoms with Crippen LogP contribution < -0.4 is 0 Å². The maximum atomic E-state index is 9.95. The van der Waals surface area contributed by atoms with Crippen LogP contribution in [-0.2, 0) is 32.0 Å². The Bertz CT molecular complexity index is 3570. The maximum Gasteiger partial charge on any atom is 0.0708 e. The van der Waals surface area contributed by atoms with E-state index in [1.807, 2.05) is 79.3 Å². The second kappa shape index (κ2) is 18.2. The van der Waals surface area contributed by atoms with E-state index in [-0.39, 0.29) is 28.1 Å². The minimum Gasteiger partial charge on any atom is -0.256 e. The van der Waals surface area contributed by atoms with Crippen molar-refractivity contribution in [2.24, 2.45) is 44.3 Å². The topological polar surface area (TPSA) is 38.7 Å². The molecule has 4 aromatic carbocycles. The third-order valence-electron chi connectivity index (χ3n) is 20.3. The van der Waals surface area contributed by atoms with E-state index in [0.717, 1.165) is 152 Å². The SMILES string of the molecule is [2H]C([2H])C12CC3CC4(CCc5ccc(nc5)-c5ccc(cc5)CCC56CC7CC(C5)(CC(CC([2H])([2H])c5ccc(-c8cc(-c9ccc(C)cc9)c(C)cn8)cc5)(C7)C6)CC([2H])([2H])c5ccc(cc5)-c5ccc(cn5)CC([2H])([2H])C(C3)(C4)C1)C2. The van der Waals surface area contributed by atoms with Crippen molar-refractivity contribution in [3.8, 4) is 44.9 Å². The Morgan fingerprint density at radius 2 is 1.03 bits per heavy atom. The molecule has 0 radical (unpaired) electrons. The Kier molecular flexibility index (Phi) is 9.65. The van der Waals surface area contributed by atoms with Crippen molar-refractivity contribution < 1.29 is 11.0 Å². The van der Waals surface area contributed by atoms with Gasteiger partial charge in [0.15, 0.2) is 0 Å². The zero-order chi connectivity index (χ0) is 57.4. The van der Waals surface area contributed by atoms with Gasteiger partial charge in [0.25, 0.3) is 0 Å². The van der Waals surface area contributed by atoms with Crippen LogP contribution in [-0.4, -0.2) is 15.0 Å². The molecule has 75 heavy (non-hydrogen) atoms. The highest BCUT2D eigenvalue weighted by atomic mass is 14.7. The molecule has 3 nitrogen and oxygen atoms in total. The first-order valence-corrected chi connectivity index (χ1v) is 28.6. The lowest BCUT2D eigenvalue weighted by molar-refractivity contribution is -0.166. The lowest BCUT2D eigenvalue weighted by Crippen LogP contribution is -2.57. The first-order valence-electron chi connectivity index (χ1n) is 32.8. The molecule has 0 N–H and O–H groups in total. The summed E-state index contributed by atoms with van der Waals surface area (Å²) in [6.45, 7) is 3.21. The van der Waals surface area contributed by atoms with E-state index < -0.39 is 36.8 Å². The Balaban J connectivity index is 0.771. The summed E-state index contributed by atoms with van der Waals surface area (Å²) >= 11 is 0. The summed E-state index contributed by atoms with van der Waals surface area (Å²) in [5, 5.41) is 0. The number of aryl methyl sites for hydroxylation is 7. The van der Waals surface area contributed by atoms with E-state index in [0.29, 0.717) is 42.2 Å². The van der Waals surface area contributed by atoms with Gasteiger partial charge in [0.2, 0.25) is 0 Å². The van der Waals surface area contributed by atoms with Crippen LogP contribution in [0.5, 0.6) is 0 Å². The van der Waals surface area contributed by atoms with Crippen molar-refractivity contribution in [2.75, 3.05) is 0 Å². The number of rotatable bonds is 5. The van der Waals surface area contributed by atoms with Crippen molar-refractivity contribution in [3.05, 3.63) is 185 Å². The van der Waals surface area contributed by atoms with Crippen LogP contribution >= 0.6 is 0 Å². The molecule has 0 amide bonds. The first kappa shape index (κ1) is 39.7. The van der Waals surface area contributed by atoms with Crippen LogP contribution in [0, 0.1) is 58.2 Å². The molecule has 8 unspecified atom stereocenters. The molecule has 4 spiro atoms. The lowest BCUT2D eigenvalue weighted by atomic mass is 9.37. The van der Waals surface area contributed by atoms with Crippen molar-refractivity contribution in [1.29, 1.82) is 0 Å². The minimum absolute atomic E-state index is 0.0268. The third kappa shape index (κ3) is 9.35. The molecule has 4 aliphatic heterocycles. The summed E-state index contributed by atoms with van der Waals surface area (Å²) in [6.07, 6.45) is 16.5. The van der Waals surface area contributed by atoms with E-state index in [1.54, 1.807) is 0 Å². The number of hydrogen-bond donors (Lipinski definition) is 0. The molecule has 7 heterocycles. The van der Waals surface area contributed by atoms with Gasteiger partial charge < -0.3 is 0 Å². The largest absolute Gasteiger partial charge is 0.256 e. The zero-order valence-electron chi connectivity index (χ0n) is 52.4. The summed E-state index contributed by atoms with van der Waals surface area (Å²) in [5.74, 6) is 0.732. The molecule has 8 atom stereocenters. The van der Waals surface area contributed by atoms with Gasteiger partial charge >= 0.3 is 0 Å². The maximum absolute atomic E-state index is 9.95. The zero-order valence-corrected chi connectivity index (χ0v) is 44.4. The number of aromatic nitrogens is 3. The molecule has 15 aliphatic rings. The van der Waals surface area contributed by atoms with Crippen LogP contribution in [0.15, 0.2) is 146 Å². The fourth-order valence-electron chi connectivity index (χ4n) is 18.1. The Morgan fingerprint density at radius 1 is 0.493 bits per heavy atom. The van der Waals surface area contributed by atoms with Crippen molar-refractivity contribution in [3.63, 3.8) is 0 Å². The van der Waals surface area contributed by atoms with Gasteiger partial charge in [-0.15, -0.1) is 0 Å². The molecule has 3 aromatic heterocycles. The Labute approximate surface area is 460 Å². The molecule has 3 heteroatoms. The Hall–Kier alpha value is -5.67. The normalized spacial score (nSPS) is 34.7. The summed E-state index contributed by atoms with van der Waals surface area (Å²) in [4.78, 5) is 14.8. The van der Waals surface area contributed by atoms with Gasteiger partial charge in [-0.2, -0.15) is 0 Å². The van der Waals surface area contributed by atoms with Crippen LogP contribution in [0.1, 0.15) is 166 Å². The molecule has 8 saturated carbocycles. The average molecular weight is 994 g/mol. The highest BCUT2D eigenvalue weighted by Gasteiger charge is 2.63. The van der Waals surface area contributed by atoms with Gasteiger partial charge in [-0.3, -0.25) is 15.0 Å². The average Bonchev–Trinajstić information content (AvgIpc) is 3.25. The predicted octanol–water partition coefficient (Wildman–Crippen LogP) is 18.2. The smallest absolute Gasteiger partial charge is 0.0708 e. The Morgan fingerprint density at radius 3 is 1.71 bits per heavy atom. The van der Waals surface area contributed by atoms with E-state index >= 15 is 0 Å². The van der Waals surface area contributed by atoms with Gasteiger partial charge in [0, 0.05) is 46.2 Å². The second-order valence-corrected chi connectivity index (χ2v) is 26.4. The molecule has 8 fully saturated rings. The van der Waals surface area contributed by atoms with E-state index in [1.165, 1.54) is 16.7 Å². The number of nitrogens with zero attached hydrogens (tertiary/aromatic N) is 3. The fraction of sp³-hybridized carbons (Fsp3) is 0.458. The van der Waals surface area contributed by atoms with Crippen molar-refractivity contribution >= 4 is 0 Å². The quantitative estimate of drug-likeness (QED) is 0.172. The second-order valence-electron chi connectivity index (χ2n) is 26.4. The first-order chi connectivity index (χ1) is 39.5. The van der Waals surface area contributed by atoms with Gasteiger partial charge in [-0.1, -0.05) is 122 Å². The molecule has 382 valence electrons. The molecule has 22 rings (SSSR count). The predicted molar refractivity (Wildman–Crippen MR) is 308 cm³/mol. The molecular weight excluding hydrogens is 907 g/mol.